The smallest absolute Gasteiger partial charge is 0.344 e. The minimum absolute atomic E-state index is 0.0963. The highest BCUT2D eigenvalue weighted by molar-refractivity contribution is 5.98. The molecule has 2 rings (SSSR count). The number of rotatable bonds is 10. The number of carbonyl (C=O) groups is 3. The first kappa shape index (κ1) is 22.5. The molecule has 0 heterocycles. The number of nitrogens with zero attached hydrogens (tertiary/aromatic N) is 1. The fourth-order valence-corrected chi connectivity index (χ4v) is 2.40. The fraction of sp³-hybridized carbons (Fsp3) is 0.286. The maximum absolute atomic E-state index is 12.1. The lowest BCUT2D eigenvalue weighted by Crippen LogP contribution is -2.19. The van der Waals surface area contributed by atoms with Crippen molar-refractivity contribution < 1.29 is 28.8 Å². The summed E-state index contributed by atoms with van der Waals surface area (Å²) in [4.78, 5) is 45.7. The summed E-state index contributed by atoms with van der Waals surface area (Å²) in [6.45, 7) is 2.99. The van der Waals surface area contributed by atoms with Crippen molar-refractivity contribution >= 4 is 29.0 Å². The zero-order chi connectivity index (χ0) is 22.1. The van der Waals surface area contributed by atoms with E-state index in [1.54, 1.807) is 12.1 Å². The minimum Gasteiger partial charge on any atom is -0.482 e. The molecule has 0 spiro atoms. The van der Waals surface area contributed by atoms with E-state index >= 15 is 0 Å². The standard InChI is InChI=1S/C21H22N2O7/c1-14(2)11-20(25)22-16-5-3-15(4-6-16)19(24)12-30-21(26)13-29-18-9-7-17(8-10-18)23(27)28/h3-10,14H,11-13H2,1-2H3,(H,22,25). The van der Waals surface area contributed by atoms with Gasteiger partial charge in [0, 0.05) is 29.8 Å². The Morgan fingerprint density at radius 2 is 1.63 bits per heavy atom. The number of hydrogen-bond acceptors (Lipinski definition) is 7. The van der Waals surface area contributed by atoms with Crippen molar-refractivity contribution in [3.63, 3.8) is 0 Å². The third kappa shape index (κ3) is 7.34. The number of Topliss-reactive ketones (excluding diaryl/α,β-unsaturated/α-hetero) is 1. The molecule has 0 saturated heterocycles. The Morgan fingerprint density at radius 3 is 2.20 bits per heavy atom. The molecule has 1 amide bonds. The van der Waals surface area contributed by atoms with E-state index in [2.05, 4.69) is 5.32 Å². The molecule has 0 aliphatic heterocycles. The maximum Gasteiger partial charge on any atom is 0.344 e. The van der Waals surface area contributed by atoms with Gasteiger partial charge in [0.15, 0.2) is 19.0 Å². The first-order chi connectivity index (χ1) is 14.2. The quantitative estimate of drug-likeness (QED) is 0.273. The van der Waals surface area contributed by atoms with Crippen molar-refractivity contribution in [3.05, 3.63) is 64.2 Å². The van der Waals surface area contributed by atoms with Crippen LogP contribution in [-0.2, 0) is 14.3 Å². The third-order valence-corrected chi connectivity index (χ3v) is 3.85. The molecule has 30 heavy (non-hydrogen) atoms. The summed E-state index contributed by atoms with van der Waals surface area (Å²) < 4.78 is 10.1. The molecule has 0 fully saturated rings. The molecular formula is C21H22N2O7. The fourth-order valence-electron chi connectivity index (χ4n) is 2.40. The number of esters is 1. The van der Waals surface area contributed by atoms with Gasteiger partial charge in [0.25, 0.3) is 5.69 Å². The molecule has 0 aliphatic carbocycles. The molecule has 2 aromatic rings. The van der Waals surface area contributed by atoms with Crippen LogP contribution in [0.4, 0.5) is 11.4 Å². The normalized spacial score (nSPS) is 10.4. The number of hydrogen-bond donors (Lipinski definition) is 1. The van der Waals surface area contributed by atoms with Crippen LogP contribution in [0.25, 0.3) is 0 Å². The van der Waals surface area contributed by atoms with Crippen molar-refractivity contribution in [1.82, 2.24) is 0 Å². The summed E-state index contributed by atoms with van der Waals surface area (Å²) in [6, 6.07) is 11.5. The van der Waals surface area contributed by atoms with Gasteiger partial charge in [-0.25, -0.2) is 4.79 Å². The van der Waals surface area contributed by atoms with Gasteiger partial charge in [0.1, 0.15) is 5.75 Å². The Hall–Kier alpha value is -3.75. The van der Waals surface area contributed by atoms with Gasteiger partial charge in [0.2, 0.25) is 5.91 Å². The van der Waals surface area contributed by atoms with Gasteiger partial charge in [-0.15, -0.1) is 0 Å². The first-order valence-corrected chi connectivity index (χ1v) is 9.20. The second kappa shape index (κ2) is 10.7. The van der Waals surface area contributed by atoms with Gasteiger partial charge in [-0.1, -0.05) is 13.8 Å². The predicted octanol–water partition coefficient (Wildman–Crippen LogP) is 3.38. The predicted molar refractivity (Wildman–Crippen MR) is 108 cm³/mol. The van der Waals surface area contributed by atoms with E-state index in [9.17, 15) is 24.5 Å². The highest BCUT2D eigenvalue weighted by Crippen LogP contribution is 2.17. The second-order valence-corrected chi connectivity index (χ2v) is 6.85. The highest BCUT2D eigenvalue weighted by atomic mass is 16.6. The molecule has 0 atom stereocenters. The molecule has 0 aliphatic rings. The number of amides is 1. The highest BCUT2D eigenvalue weighted by Gasteiger charge is 2.12. The van der Waals surface area contributed by atoms with E-state index in [-0.39, 0.29) is 23.3 Å². The Balaban J connectivity index is 1.77. The number of non-ortho nitro benzene ring substituents is 1. The van der Waals surface area contributed by atoms with Gasteiger partial charge in [-0.2, -0.15) is 0 Å². The van der Waals surface area contributed by atoms with Crippen LogP contribution in [0.1, 0.15) is 30.6 Å². The molecule has 0 bridgehead atoms. The monoisotopic (exact) mass is 414 g/mol. The molecule has 9 heteroatoms. The van der Waals surface area contributed by atoms with Crippen LogP contribution >= 0.6 is 0 Å². The molecular weight excluding hydrogens is 392 g/mol. The number of benzene rings is 2. The lowest BCUT2D eigenvalue weighted by atomic mass is 10.1. The average molecular weight is 414 g/mol. The van der Waals surface area contributed by atoms with Gasteiger partial charge >= 0.3 is 5.97 Å². The Bertz CT molecular complexity index is 906. The average Bonchev–Trinajstić information content (AvgIpc) is 2.70. The molecule has 0 saturated carbocycles. The van der Waals surface area contributed by atoms with E-state index in [0.29, 0.717) is 17.7 Å². The molecule has 2 aromatic carbocycles. The number of ketones is 1. The topological polar surface area (TPSA) is 125 Å². The van der Waals surface area contributed by atoms with Gasteiger partial charge < -0.3 is 14.8 Å². The van der Waals surface area contributed by atoms with Crippen LogP contribution in [0.2, 0.25) is 0 Å². The summed E-state index contributed by atoms with van der Waals surface area (Å²) in [5, 5.41) is 13.3. The van der Waals surface area contributed by atoms with Crippen molar-refractivity contribution in [3.8, 4) is 5.75 Å². The summed E-state index contributed by atoms with van der Waals surface area (Å²) in [7, 11) is 0. The third-order valence-electron chi connectivity index (χ3n) is 3.85. The van der Waals surface area contributed by atoms with E-state index < -0.39 is 29.9 Å². The summed E-state index contributed by atoms with van der Waals surface area (Å²) in [6.07, 6.45) is 0.401. The first-order valence-electron chi connectivity index (χ1n) is 9.20. The molecule has 0 radical (unpaired) electrons. The second-order valence-electron chi connectivity index (χ2n) is 6.85. The van der Waals surface area contributed by atoms with E-state index in [1.807, 2.05) is 13.8 Å². The van der Waals surface area contributed by atoms with Crippen LogP contribution in [0.5, 0.6) is 5.75 Å². The Labute approximate surface area is 173 Å². The maximum atomic E-state index is 12.1. The van der Waals surface area contributed by atoms with Gasteiger partial charge in [-0.3, -0.25) is 19.7 Å². The number of nitrogens with one attached hydrogen (secondary N) is 1. The number of carbonyl (C=O) groups excluding carboxylic acids is 3. The summed E-state index contributed by atoms with van der Waals surface area (Å²) >= 11 is 0. The summed E-state index contributed by atoms with van der Waals surface area (Å²) in [5.41, 5.74) is 0.813. The van der Waals surface area contributed by atoms with Gasteiger partial charge in [0.05, 0.1) is 4.92 Å². The van der Waals surface area contributed by atoms with E-state index in [1.165, 1.54) is 36.4 Å². The van der Waals surface area contributed by atoms with Crippen molar-refractivity contribution in [2.24, 2.45) is 5.92 Å². The van der Waals surface area contributed by atoms with E-state index in [4.69, 9.17) is 9.47 Å². The van der Waals surface area contributed by atoms with Gasteiger partial charge in [-0.05, 0) is 42.3 Å². The number of ether oxygens (including phenoxy) is 2. The van der Waals surface area contributed by atoms with Crippen LogP contribution < -0.4 is 10.1 Å². The van der Waals surface area contributed by atoms with Crippen LogP contribution in [0.15, 0.2) is 48.5 Å². The summed E-state index contributed by atoms with van der Waals surface area (Å²) in [5.74, 6) is -0.757. The Kier molecular flexibility index (Phi) is 8.04. The zero-order valence-corrected chi connectivity index (χ0v) is 16.6. The van der Waals surface area contributed by atoms with E-state index in [0.717, 1.165) is 0 Å². The Morgan fingerprint density at radius 1 is 1.00 bits per heavy atom. The molecule has 158 valence electrons. The molecule has 9 nitrogen and oxygen atoms in total. The number of nitro groups is 1. The lowest BCUT2D eigenvalue weighted by Gasteiger charge is -2.08. The minimum atomic E-state index is -0.751. The molecule has 0 unspecified atom stereocenters. The zero-order valence-electron chi connectivity index (χ0n) is 16.6. The van der Waals surface area contributed by atoms with Crippen LogP contribution in [-0.4, -0.2) is 35.8 Å². The van der Waals surface area contributed by atoms with Crippen molar-refractivity contribution in [2.45, 2.75) is 20.3 Å². The van der Waals surface area contributed by atoms with Crippen LogP contribution in [0, 0.1) is 16.0 Å². The van der Waals surface area contributed by atoms with Crippen molar-refractivity contribution in [2.75, 3.05) is 18.5 Å². The number of nitro benzene ring substituents is 1. The molecule has 0 aromatic heterocycles. The molecule has 1 N–H and O–H groups in total. The van der Waals surface area contributed by atoms with Crippen molar-refractivity contribution in [1.29, 1.82) is 0 Å². The van der Waals surface area contributed by atoms with Crippen LogP contribution in [0.3, 0.4) is 0 Å². The SMILES string of the molecule is CC(C)CC(=O)Nc1ccc(C(=O)COC(=O)COc2ccc([N+](=O)[O-])cc2)cc1. The number of anilines is 1. The lowest BCUT2D eigenvalue weighted by molar-refractivity contribution is -0.384. The largest absolute Gasteiger partial charge is 0.482 e.